The molecule has 0 bridgehead atoms. The van der Waals surface area contributed by atoms with E-state index in [1.54, 1.807) is 7.05 Å². The molecule has 0 spiro atoms. The summed E-state index contributed by atoms with van der Waals surface area (Å²) >= 11 is 0. The molecule has 0 saturated heterocycles. The summed E-state index contributed by atoms with van der Waals surface area (Å²) < 4.78 is 5.52. The van der Waals surface area contributed by atoms with Gasteiger partial charge in [0.2, 0.25) is 11.8 Å². The Morgan fingerprint density at radius 1 is 0.725 bits per heavy atom. The molecule has 7 heteroatoms. The zero-order valence-corrected chi connectivity index (χ0v) is 23.2. The van der Waals surface area contributed by atoms with Gasteiger partial charge < -0.3 is 20.7 Å². The minimum atomic E-state index is -0.682. The Hall–Kier alpha value is -4.13. The predicted octanol–water partition coefficient (Wildman–Crippen LogP) is 5.31. The summed E-state index contributed by atoms with van der Waals surface area (Å²) in [6.45, 7) is 4.07. The van der Waals surface area contributed by atoms with Crippen molar-refractivity contribution in [2.45, 2.75) is 45.4 Å². The lowest BCUT2D eigenvalue weighted by atomic mass is 9.92. The Morgan fingerprint density at radius 3 is 1.68 bits per heavy atom. The number of nitrogens with one attached hydrogen (secondary N) is 3. The van der Waals surface area contributed by atoms with Crippen molar-refractivity contribution in [3.05, 3.63) is 108 Å². The topological polar surface area (TPSA) is 96.5 Å². The SMILES string of the molecule is CNC(=O)[C@]1(C)C[C@@H]1[C@H](NC(=O)[C@]1(C)C[C@@H]1[C@H](NC(=O)OCc1ccccc1)c1ccccc1)c1ccccc1. The maximum Gasteiger partial charge on any atom is 0.407 e. The fourth-order valence-corrected chi connectivity index (χ4v) is 5.93. The van der Waals surface area contributed by atoms with Crippen molar-refractivity contribution in [3.8, 4) is 0 Å². The second-order valence-electron chi connectivity index (χ2n) is 11.5. The van der Waals surface area contributed by atoms with Gasteiger partial charge in [-0.2, -0.15) is 0 Å². The van der Waals surface area contributed by atoms with E-state index in [9.17, 15) is 14.4 Å². The molecule has 3 aromatic carbocycles. The third kappa shape index (κ3) is 5.60. The van der Waals surface area contributed by atoms with E-state index < -0.39 is 16.9 Å². The number of benzene rings is 3. The van der Waals surface area contributed by atoms with Crippen LogP contribution in [0.15, 0.2) is 91.0 Å². The van der Waals surface area contributed by atoms with E-state index in [1.165, 1.54) is 0 Å². The Balaban J connectivity index is 1.31. The van der Waals surface area contributed by atoms with Gasteiger partial charge in [0.1, 0.15) is 6.61 Å². The number of amides is 3. The first-order chi connectivity index (χ1) is 19.3. The Bertz CT molecular complexity index is 1350. The molecule has 2 aliphatic carbocycles. The molecular weight excluding hydrogens is 502 g/mol. The molecule has 3 aromatic rings. The average Bonchev–Trinajstić information content (AvgIpc) is 3.89. The van der Waals surface area contributed by atoms with E-state index in [4.69, 9.17) is 4.74 Å². The summed E-state index contributed by atoms with van der Waals surface area (Å²) in [6, 6.07) is 28.4. The molecule has 0 aromatic heterocycles. The number of ether oxygens (including phenoxy) is 1. The molecular formula is C33H37N3O4. The van der Waals surface area contributed by atoms with Crippen LogP contribution in [0.2, 0.25) is 0 Å². The highest BCUT2D eigenvalue weighted by molar-refractivity contribution is 5.88. The number of hydrogen-bond donors (Lipinski definition) is 3. The van der Waals surface area contributed by atoms with Crippen LogP contribution in [0.5, 0.6) is 0 Å². The van der Waals surface area contributed by atoms with E-state index in [1.807, 2.05) is 105 Å². The van der Waals surface area contributed by atoms with Crippen LogP contribution in [0.4, 0.5) is 4.79 Å². The van der Waals surface area contributed by atoms with Crippen molar-refractivity contribution >= 4 is 17.9 Å². The van der Waals surface area contributed by atoms with E-state index >= 15 is 0 Å². The summed E-state index contributed by atoms with van der Waals surface area (Å²) in [5, 5.41) is 9.12. The number of hydrogen-bond acceptors (Lipinski definition) is 4. The molecule has 0 aliphatic heterocycles. The number of rotatable bonds is 10. The third-order valence-corrected chi connectivity index (χ3v) is 8.76. The van der Waals surface area contributed by atoms with Crippen molar-refractivity contribution in [1.82, 2.24) is 16.0 Å². The van der Waals surface area contributed by atoms with Gasteiger partial charge in [0.05, 0.1) is 22.9 Å². The van der Waals surface area contributed by atoms with Crippen molar-refractivity contribution in [2.75, 3.05) is 7.05 Å². The standard InChI is InChI=1S/C33H37N3O4/c1-32(29(37)34-3)19-25(32)27(23-15-9-5-10-16-23)35-30(38)33(2)20-26(33)28(24-17-11-6-12-18-24)36-31(39)40-21-22-13-7-4-8-14-22/h4-18,25-28H,19-21H2,1-3H3,(H,34,37)(H,35,38)(H,36,39)/t25-,26-,27-,28-,32-,33-/m1/s1. The molecule has 0 heterocycles. The molecule has 7 nitrogen and oxygen atoms in total. The van der Waals surface area contributed by atoms with Gasteiger partial charge in [0, 0.05) is 7.05 Å². The maximum atomic E-state index is 13.9. The summed E-state index contributed by atoms with van der Waals surface area (Å²) in [4.78, 5) is 39.4. The zero-order chi connectivity index (χ0) is 28.3. The second-order valence-corrected chi connectivity index (χ2v) is 11.5. The second kappa shape index (κ2) is 11.2. The van der Waals surface area contributed by atoms with Gasteiger partial charge in [-0.05, 0) is 41.4 Å². The minimum Gasteiger partial charge on any atom is -0.445 e. The first-order valence-corrected chi connectivity index (χ1v) is 13.9. The van der Waals surface area contributed by atoms with E-state index in [-0.39, 0.29) is 42.3 Å². The summed E-state index contributed by atoms with van der Waals surface area (Å²) in [6.07, 6.45) is 0.804. The number of carbonyl (C=O) groups is 3. The van der Waals surface area contributed by atoms with Gasteiger partial charge in [0.15, 0.2) is 0 Å². The minimum absolute atomic E-state index is 0.00407. The normalized spacial score (nSPS) is 26.1. The van der Waals surface area contributed by atoms with E-state index in [0.717, 1.165) is 16.7 Å². The molecule has 2 fully saturated rings. The van der Waals surface area contributed by atoms with Gasteiger partial charge in [-0.1, -0.05) is 105 Å². The smallest absolute Gasteiger partial charge is 0.407 e. The summed E-state index contributed by atoms with van der Waals surface area (Å²) in [5.41, 5.74) is 1.60. The molecule has 5 rings (SSSR count). The predicted molar refractivity (Wildman–Crippen MR) is 153 cm³/mol. The Morgan fingerprint density at radius 2 is 1.18 bits per heavy atom. The molecule has 3 N–H and O–H groups in total. The first-order valence-electron chi connectivity index (χ1n) is 13.9. The average molecular weight is 540 g/mol. The van der Waals surface area contributed by atoms with Crippen LogP contribution in [0.1, 0.15) is 55.5 Å². The summed E-state index contributed by atoms with van der Waals surface area (Å²) in [7, 11) is 1.65. The van der Waals surface area contributed by atoms with Crippen LogP contribution in [0.25, 0.3) is 0 Å². The molecule has 3 amide bonds. The molecule has 0 radical (unpaired) electrons. The van der Waals surface area contributed by atoms with Crippen LogP contribution in [-0.2, 0) is 20.9 Å². The zero-order valence-electron chi connectivity index (χ0n) is 23.2. The van der Waals surface area contributed by atoms with E-state index in [2.05, 4.69) is 16.0 Å². The van der Waals surface area contributed by atoms with Gasteiger partial charge in [0.25, 0.3) is 0 Å². The first kappa shape index (κ1) is 27.4. The highest BCUT2D eigenvalue weighted by atomic mass is 16.5. The molecule has 2 saturated carbocycles. The van der Waals surface area contributed by atoms with Gasteiger partial charge in [-0.3, -0.25) is 9.59 Å². The van der Waals surface area contributed by atoms with Crippen molar-refractivity contribution < 1.29 is 19.1 Å². The van der Waals surface area contributed by atoms with Gasteiger partial charge in [-0.25, -0.2) is 4.79 Å². The fraction of sp³-hybridized carbons (Fsp3) is 0.364. The lowest BCUT2D eigenvalue weighted by Gasteiger charge is -2.26. The van der Waals surface area contributed by atoms with Crippen LogP contribution < -0.4 is 16.0 Å². The molecule has 6 atom stereocenters. The molecule has 40 heavy (non-hydrogen) atoms. The van der Waals surface area contributed by atoms with Crippen LogP contribution in [-0.4, -0.2) is 25.0 Å². The maximum absolute atomic E-state index is 13.9. The third-order valence-electron chi connectivity index (χ3n) is 8.76. The van der Waals surface area contributed by atoms with Crippen molar-refractivity contribution in [3.63, 3.8) is 0 Å². The highest BCUT2D eigenvalue weighted by Crippen LogP contribution is 2.61. The summed E-state index contributed by atoms with van der Waals surface area (Å²) in [5.74, 6) is -0.195. The fourth-order valence-electron chi connectivity index (χ4n) is 5.93. The van der Waals surface area contributed by atoms with E-state index in [0.29, 0.717) is 12.8 Å². The largest absolute Gasteiger partial charge is 0.445 e. The van der Waals surface area contributed by atoms with Crippen molar-refractivity contribution in [2.24, 2.45) is 22.7 Å². The Labute approximate surface area is 235 Å². The molecule has 2 aliphatic rings. The molecule has 0 unspecified atom stereocenters. The Kier molecular flexibility index (Phi) is 7.66. The van der Waals surface area contributed by atoms with Crippen molar-refractivity contribution in [1.29, 1.82) is 0 Å². The van der Waals surface area contributed by atoms with Crippen LogP contribution >= 0.6 is 0 Å². The lowest BCUT2D eigenvalue weighted by Crippen LogP contribution is -2.39. The number of alkyl carbamates (subject to hydrolysis) is 1. The van der Waals surface area contributed by atoms with Gasteiger partial charge >= 0.3 is 6.09 Å². The molecule has 208 valence electrons. The quantitative estimate of drug-likeness (QED) is 0.325. The van der Waals surface area contributed by atoms with Crippen LogP contribution in [0.3, 0.4) is 0 Å². The lowest BCUT2D eigenvalue weighted by molar-refractivity contribution is -0.129. The monoisotopic (exact) mass is 539 g/mol. The van der Waals surface area contributed by atoms with Crippen LogP contribution in [0, 0.1) is 22.7 Å². The van der Waals surface area contributed by atoms with Gasteiger partial charge in [-0.15, -0.1) is 0 Å². The number of carbonyl (C=O) groups excluding carboxylic acids is 3. The highest BCUT2D eigenvalue weighted by Gasteiger charge is 2.63.